The molecule has 0 bridgehead atoms. The molecule has 1 fully saturated rings. The predicted molar refractivity (Wildman–Crippen MR) is 101 cm³/mol. The first kappa shape index (κ1) is 19.8. The van der Waals surface area contributed by atoms with Gasteiger partial charge in [-0.15, -0.1) is 0 Å². The highest BCUT2D eigenvalue weighted by atomic mass is 19.3. The van der Waals surface area contributed by atoms with Crippen molar-refractivity contribution in [2.75, 3.05) is 6.61 Å². The zero-order chi connectivity index (χ0) is 19.9. The largest absolute Gasteiger partial charge is 0.490 e. The normalized spacial score (nSPS) is 13.7. The lowest BCUT2D eigenvalue weighted by Gasteiger charge is -2.20. The number of aromatic nitrogens is 1. The van der Waals surface area contributed by atoms with Crippen molar-refractivity contribution < 1.29 is 23.0 Å². The first-order chi connectivity index (χ1) is 13.6. The number of pyridine rings is 1. The van der Waals surface area contributed by atoms with Crippen molar-refractivity contribution in [1.29, 1.82) is 0 Å². The van der Waals surface area contributed by atoms with Gasteiger partial charge >= 0.3 is 6.61 Å². The monoisotopic (exact) mass is 388 g/mol. The van der Waals surface area contributed by atoms with E-state index in [0.29, 0.717) is 18.7 Å². The zero-order valence-corrected chi connectivity index (χ0v) is 15.6. The molecule has 1 aromatic heterocycles. The van der Waals surface area contributed by atoms with E-state index in [1.54, 1.807) is 37.5 Å². The highest BCUT2D eigenvalue weighted by Gasteiger charge is 2.31. The minimum absolute atomic E-state index is 0.0300. The van der Waals surface area contributed by atoms with Crippen molar-refractivity contribution in [2.45, 2.75) is 39.0 Å². The van der Waals surface area contributed by atoms with E-state index in [4.69, 9.17) is 4.74 Å². The number of nitrogens with zero attached hydrogens (tertiary/aromatic N) is 2. The summed E-state index contributed by atoms with van der Waals surface area (Å²) in [5, 5.41) is 0. The summed E-state index contributed by atoms with van der Waals surface area (Å²) in [4.78, 5) is 18.5. The van der Waals surface area contributed by atoms with Gasteiger partial charge in [0.1, 0.15) is 0 Å². The second-order valence-corrected chi connectivity index (χ2v) is 6.40. The van der Waals surface area contributed by atoms with Crippen LogP contribution in [0.1, 0.15) is 30.9 Å². The van der Waals surface area contributed by atoms with E-state index < -0.39 is 6.61 Å². The molecule has 1 saturated carbocycles. The maximum atomic E-state index is 12.7. The summed E-state index contributed by atoms with van der Waals surface area (Å²) in [6.07, 6.45) is 8.56. The van der Waals surface area contributed by atoms with Gasteiger partial charge in [-0.2, -0.15) is 8.78 Å². The van der Waals surface area contributed by atoms with Gasteiger partial charge in [-0.25, -0.2) is 0 Å². The van der Waals surface area contributed by atoms with Crippen molar-refractivity contribution in [3.63, 3.8) is 0 Å². The fourth-order valence-corrected chi connectivity index (χ4v) is 2.81. The SMILES string of the molecule is CCOc1cc(/C=C/C(=O)N(Cc2ccncc2)C2CC2)ccc1OC(F)F. The number of amides is 1. The van der Waals surface area contributed by atoms with Crippen LogP contribution in [0.3, 0.4) is 0 Å². The van der Waals surface area contributed by atoms with E-state index in [-0.39, 0.29) is 23.4 Å². The third kappa shape index (κ3) is 5.52. The highest BCUT2D eigenvalue weighted by Crippen LogP contribution is 2.31. The Bertz CT molecular complexity index is 824. The van der Waals surface area contributed by atoms with E-state index in [1.807, 2.05) is 17.0 Å². The molecule has 0 radical (unpaired) electrons. The number of alkyl halides is 2. The second-order valence-electron chi connectivity index (χ2n) is 6.40. The van der Waals surface area contributed by atoms with Crippen LogP contribution in [-0.4, -0.2) is 35.1 Å². The Hall–Kier alpha value is -2.96. The highest BCUT2D eigenvalue weighted by molar-refractivity contribution is 5.92. The van der Waals surface area contributed by atoms with Gasteiger partial charge in [0.15, 0.2) is 11.5 Å². The molecule has 7 heteroatoms. The molecule has 0 saturated heterocycles. The Labute approximate surface area is 162 Å². The Balaban J connectivity index is 1.72. The van der Waals surface area contributed by atoms with Crippen LogP contribution in [0.5, 0.6) is 11.5 Å². The van der Waals surface area contributed by atoms with Crippen LogP contribution in [0.25, 0.3) is 6.08 Å². The zero-order valence-electron chi connectivity index (χ0n) is 15.6. The molecule has 0 atom stereocenters. The van der Waals surface area contributed by atoms with Crippen LogP contribution in [0.15, 0.2) is 48.8 Å². The number of hydrogen-bond acceptors (Lipinski definition) is 4. The average Bonchev–Trinajstić information content (AvgIpc) is 3.52. The van der Waals surface area contributed by atoms with Crippen molar-refractivity contribution in [3.05, 3.63) is 59.9 Å². The van der Waals surface area contributed by atoms with E-state index in [1.165, 1.54) is 12.1 Å². The number of hydrogen-bond donors (Lipinski definition) is 0. The smallest absolute Gasteiger partial charge is 0.387 e. The molecule has 0 aliphatic heterocycles. The third-order valence-electron chi connectivity index (χ3n) is 4.28. The number of ether oxygens (including phenoxy) is 2. The van der Waals surface area contributed by atoms with Gasteiger partial charge in [-0.3, -0.25) is 9.78 Å². The Morgan fingerprint density at radius 1 is 1.25 bits per heavy atom. The maximum Gasteiger partial charge on any atom is 0.387 e. The molecule has 0 spiro atoms. The fraction of sp³-hybridized carbons (Fsp3) is 0.333. The van der Waals surface area contributed by atoms with Crippen LogP contribution >= 0.6 is 0 Å². The number of carbonyl (C=O) groups excluding carboxylic acids is 1. The summed E-state index contributed by atoms with van der Waals surface area (Å²) in [7, 11) is 0. The van der Waals surface area contributed by atoms with Gasteiger partial charge < -0.3 is 14.4 Å². The molecule has 2 aromatic rings. The summed E-state index contributed by atoms with van der Waals surface area (Å²) in [6.45, 7) is -0.331. The second kappa shape index (κ2) is 9.30. The lowest BCUT2D eigenvalue weighted by molar-refractivity contribution is -0.127. The predicted octanol–water partition coefficient (Wildman–Crippen LogP) is 4.29. The fourth-order valence-electron chi connectivity index (χ4n) is 2.81. The van der Waals surface area contributed by atoms with E-state index in [0.717, 1.165) is 18.4 Å². The van der Waals surface area contributed by atoms with Crippen molar-refractivity contribution >= 4 is 12.0 Å². The molecule has 5 nitrogen and oxygen atoms in total. The minimum Gasteiger partial charge on any atom is -0.490 e. The third-order valence-corrected chi connectivity index (χ3v) is 4.28. The van der Waals surface area contributed by atoms with Crippen molar-refractivity contribution in [3.8, 4) is 11.5 Å². The molecule has 3 rings (SSSR count). The van der Waals surface area contributed by atoms with Gasteiger partial charge in [0.2, 0.25) is 5.91 Å². The summed E-state index contributed by atoms with van der Waals surface area (Å²) in [5.74, 6) is 0.0935. The van der Waals surface area contributed by atoms with Crippen molar-refractivity contribution in [2.24, 2.45) is 0 Å². The number of rotatable bonds is 9. The molecule has 1 amide bonds. The number of benzene rings is 1. The Morgan fingerprint density at radius 3 is 2.64 bits per heavy atom. The Kier molecular flexibility index (Phi) is 6.57. The molecular weight excluding hydrogens is 366 g/mol. The van der Waals surface area contributed by atoms with Crippen LogP contribution in [0.2, 0.25) is 0 Å². The molecular formula is C21H22F2N2O3. The van der Waals surface area contributed by atoms with Gasteiger partial charge in [0, 0.05) is 31.1 Å². The average molecular weight is 388 g/mol. The van der Waals surface area contributed by atoms with E-state index in [9.17, 15) is 13.6 Å². The molecule has 148 valence electrons. The van der Waals surface area contributed by atoms with Gasteiger partial charge in [-0.05, 0) is 61.2 Å². The first-order valence-corrected chi connectivity index (χ1v) is 9.16. The molecule has 1 heterocycles. The first-order valence-electron chi connectivity index (χ1n) is 9.16. The van der Waals surface area contributed by atoms with Crippen molar-refractivity contribution in [1.82, 2.24) is 9.88 Å². The minimum atomic E-state index is -2.93. The quantitative estimate of drug-likeness (QED) is 0.602. The van der Waals surface area contributed by atoms with E-state index in [2.05, 4.69) is 9.72 Å². The standard InChI is InChI=1S/C21H22F2N2O3/c1-2-27-19-13-15(3-7-18(19)28-21(22)23)4-8-20(26)25(17-5-6-17)14-16-9-11-24-12-10-16/h3-4,7-13,17,21H,2,5-6,14H2,1H3/b8-4+. The summed E-state index contributed by atoms with van der Waals surface area (Å²) < 4.78 is 34.8. The number of halogens is 2. The maximum absolute atomic E-state index is 12.7. The van der Waals surface area contributed by atoms with E-state index >= 15 is 0 Å². The van der Waals surface area contributed by atoms with Crippen LogP contribution in [-0.2, 0) is 11.3 Å². The van der Waals surface area contributed by atoms with Crippen LogP contribution in [0, 0.1) is 0 Å². The molecule has 1 aromatic carbocycles. The summed E-state index contributed by atoms with van der Waals surface area (Å²) >= 11 is 0. The molecule has 1 aliphatic rings. The Morgan fingerprint density at radius 2 is 2.00 bits per heavy atom. The molecule has 0 N–H and O–H groups in total. The number of carbonyl (C=O) groups is 1. The van der Waals surface area contributed by atoms with Gasteiger partial charge in [0.25, 0.3) is 0 Å². The summed E-state index contributed by atoms with van der Waals surface area (Å²) in [6, 6.07) is 8.64. The molecule has 1 aliphatic carbocycles. The van der Waals surface area contributed by atoms with Crippen LogP contribution in [0.4, 0.5) is 8.78 Å². The summed E-state index contributed by atoms with van der Waals surface area (Å²) in [5.41, 5.74) is 1.69. The lowest BCUT2D eigenvalue weighted by Crippen LogP contribution is -2.31. The molecule has 28 heavy (non-hydrogen) atoms. The molecule has 0 unspecified atom stereocenters. The topological polar surface area (TPSA) is 51.7 Å². The lowest BCUT2D eigenvalue weighted by atomic mass is 10.1. The van der Waals surface area contributed by atoms with Crippen LogP contribution < -0.4 is 9.47 Å². The van der Waals surface area contributed by atoms with Gasteiger partial charge in [0.05, 0.1) is 6.61 Å². The van der Waals surface area contributed by atoms with Gasteiger partial charge in [-0.1, -0.05) is 6.07 Å².